The lowest BCUT2D eigenvalue weighted by Crippen LogP contribution is -2.65. The Bertz CT molecular complexity index is 4360. The van der Waals surface area contributed by atoms with E-state index in [2.05, 4.69) is 176 Å². The number of imide groups is 2. The Morgan fingerprint density at radius 2 is 0.865 bits per heavy atom. The third kappa shape index (κ3) is 14.7. The van der Waals surface area contributed by atoms with E-state index in [-0.39, 0.29) is 29.0 Å². The van der Waals surface area contributed by atoms with Gasteiger partial charge in [0.25, 0.3) is 23.6 Å². The smallest absolute Gasteiger partial charge is 0.263 e. The fraction of sp³-hybridized carbons (Fsp3) is 0.573. The minimum atomic E-state index is -2.90. The number of carbonyl (C=O) groups is 4. The molecule has 0 saturated carbocycles. The Kier molecular flexibility index (Phi) is 25.6. The van der Waals surface area contributed by atoms with Gasteiger partial charge in [0.2, 0.25) is 0 Å². The molecule has 0 aliphatic carbocycles. The first kappa shape index (κ1) is 79.4. The summed E-state index contributed by atoms with van der Waals surface area (Å²) in [4.78, 5) is 81.1. The molecule has 11 heterocycles. The summed E-state index contributed by atoms with van der Waals surface area (Å²) in [6, 6.07) is 27.6. The Labute approximate surface area is 655 Å². The molecular weight excluding hydrogens is 1440 g/mol. The van der Waals surface area contributed by atoms with Crippen molar-refractivity contribution >= 4 is 150 Å². The number of fused-ring (bicyclic) bond motifs is 8. The third-order valence-corrected chi connectivity index (χ3v) is 46.0. The summed E-state index contributed by atoms with van der Waals surface area (Å²) in [6.07, 6.45) is 32.1. The lowest BCUT2D eigenvalue weighted by molar-refractivity contribution is 0.0635. The van der Waals surface area contributed by atoms with Gasteiger partial charge in [-0.3, -0.25) is 29.0 Å². The Morgan fingerprint density at radius 1 is 0.404 bits per heavy atom. The van der Waals surface area contributed by atoms with Crippen molar-refractivity contribution in [3.05, 3.63) is 113 Å². The normalized spacial score (nSPS) is 17.3. The Morgan fingerprint density at radius 3 is 1.41 bits per heavy atom. The van der Waals surface area contributed by atoms with Gasteiger partial charge < -0.3 is 0 Å². The van der Waals surface area contributed by atoms with Crippen LogP contribution in [-0.4, -0.2) is 62.7 Å². The predicted molar refractivity (Wildman–Crippen MR) is 462 cm³/mol. The van der Waals surface area contributed by atoms with E-state index in [1.807, 2.05) is 45.3 Å². The zero-order chi connectivity index (χ0) is 74.0. The predicted octanol–water partition coefficient (Wildman–Crippen LogP) is 24.4. The van der Waals surface area contributed by atoms with Crippen LogP contribution in [0, 0.1) is 12.8 Å². The van der Waals surface area contributed by atoms with E-state index in [0.717, 1.165) is 112 Å². The molecule has 0 radical (unpaired) electrons. The fourth-order valence-corrected chi connectivity index (χ4v) is 41.8. The van der Waals surface area contributed by atoms with Crippen LogP contribution in [0.15, 0.2) is 60.7 Å². The molecular formula is C89H120N2O4S7Si2. The SMILES string of the molecule is CCCCCCCCN1C(=O)c2c(-c3cc4c(s3)-c3sc(C(C)(C)C(C)(C)c5sc(-c6cc7c(s6)-c6sc(C)cc6[Si]7(CCCCCCCC)c6ccc(CCCC)s6)c6c5C(=O)N(CCCCCCCC)C6=O)cc3[Si]4(CC(CC)CCCC)c3ccc(CCCC)cc3)sc(C(C)(C)C)c2C1=O. The molecule has 4 amide bonds. The van der Waals surface area contributed by atoms with E-state index >= 15 is 14.4 Å². The second-order valence-corrected chi connectivity index (χ2v) is 49.1. The van der Waals surface area contributed by atoms with Crippen molar-refractivity contribution < 1.29 is 19.2 Å². The third-order valence-electron chi connectivity index (χ3n) is 24.5. The first-order chi connectivity index (χ1) is 50.0. The number of amides is 4. The molecule has 8 aromatic rings. The van der Waals surface area contributed by atoms with Crippen molar-refractivity contribution in [2.24, 2.45) is 5.92 Å². The van der Waals surface area contributed by atoms with Crippen molar-refractivity contribution in [2.75, 3.05) is 13.1 Å². The molecule has 4 aliphatic heterocycles. The number of unbranched alkanes of at least 4 members (excludes halogenated alkanes) is 18. The first-order valence-corrected chi connectivity index (χ1v) is 51.0. The Hall–Kier alpha value is -4.17. The summed E-state index contributed by atoms with van der Waals surface area (Å²) < 4.78 is 1.59. The number of hydrogen-bond acceptors (Lipinski definition) is 11. The summed E-state index contributed by atoms with van der Waals surface area (Å²) in [6.45, 7) is 35.7. The number of nitrogens with zero attached hydrogens (tertiary/aromatic N) is 2. The molecule has 0 N–H and O–H groups in total. The highest BCUT2D eigenvalue weighted by molar-refractivity contribution is 7.39. The quantitative estimate of drug-likeness (QED) is 0.0218. The number of aryl methyl sites for hydroxylation is 3. The van der Waals surface area contributed by atoms with Gasteiger partial charge in [0.1, 0.15) is 0 Å². The van der Waals surface area contributed by atoms with Gasteiger partial charge in [-0.2, -0.15) is 0 Å². The minimum absolute atomic E-state index is 0.107. The molecule has 0 fully saturated rings. The van der Waals surface area contributed by atoms with E-state index in [4.69, 9.17) is 0 Å². The first-order valence-electron chi connectivity index (χ1n) is 40.8. The molecule has 0 spiro atoms. The van der Waals surface area contributed by atoms with E-state index in [0.29, 0.717) is 41.3 Å². The zero-order valence-electron chi connectivity index (χ0n) is 65.9. The summed E-state index contributed by atoms with van der Waals surface area (Å²) in [7, 11) is -5.42. The van der Waals surface area contributed by atoms with E-state index in [1.54, 1.807) is 42.2 Å². The van der Waals surface area contributed by atoms with Crippen LogP contribution >= 0.6 is 79.4 Å². The number of thiophene rings is 7. The number of rotatable bonds is 40. The fourth-order valence-electron chi connectivity index (χ4n) is 17.6. The van der Waals surface area contributed by atoms with Crippen LogP contribution in [0.25, 0.3) is 39.0 Å². The summed E-state index contributed by atoms with van der Waals surface area (Å²) >= 11 is 13.3. The van der Waals surface area contributed by atoms with Crippen LogP contribution in [0.2, 0.25) is 12.1 Å². The standard InChI is InChI=1S/C89H120N2O4S7Si2/c1-16-23-29-32-35-38-50-90-83(92)71-73(85(90)94)81(87(9,10)11)101-75(71)64-55-67-79(99-64)80-68(104(67,57-59(22-7)41-26-19-4)62-47-44-60(45-48-62)42-27-20-5)56-69(100-80)88(12,13)89(14,15)82-74-72(84(93)91(86(74)95)51-39-36-33-30-24-17-2)76(102-82)63-54-66-78(98-63)77-65(53-58(8)96-77)103(66,52-40-37-34-31-25-18-3)70-49-46-61(97-70)43-28-21-6/h44-49,53-56,59H,16-43,50-52,57H2,1-15H3. The summed E-state index contributed by atoms with van der Waals surface area (Å²) in [5.74, 6) is 0.0550. The lowest BCUT2D eigenvalue weighted by Gasteiger charge is -2.41. The van der Waals surface area contributed by atoms with Gasteiger partial charge in [-0.05, 0) is 131 Å². The molecule has 104 heavy (non-hydrogen) atoms. The molecule has 6 nitrogen and oxygen atoms in total. The van der Waals surface area contributed by atoms with Crippen LogP contribution < -0.4 is 30.4 Å². The van der Waals surface area contributed by atoms with Crippen LogP contribution in [0.1, 0.15) is 335 Å². The van der Waals surface area contributed by atoms with Gasteiger partial charge in [-0.1, -0.05) is 269 Å². The van der Waals surface area contributed by atoms with Gasteiger partial charge >= 0.3 is 0 Å². The van der Waals surface area contributed by atoms with Gasteiger partial charge in [-0.15, -0.1) is 79.4 Å². The van der Waals surface area contributed by atoms with Gasteiger partial charge in [0, 0.05) is 82.1 Å². The molecule has 560 valence electrons. The molecule has 12 rings (SSSR count). The van der Waals surface area contributed by atoms with E-state index in [9.17, 15) is 4.79 Å². The van der Waals surface area contributed by atoms with Gasteiger partial charge in [-0.25, -0.2) is 0 Å². The van der Waals surface area contributed by atoms with Crippen molar-refractivity contribution in [1.82, 2.24) is 9.80 Å². The molecule has 4 aliphatic rings. The maximum Gasteiger partial charge on any atom is 0.263 e. The number of benzene rings is 1. The monoisotopic (exact) mass is 1560 g/mol. The zero-order valence-corrected chi connectivity index (χ0v) is 73.6. The number of hydrogen-bond donors (Lipinski definition) is 0. The molecule has 0 bridgehead atoms. The van der Waals surface area contributed by atoms with Crippen LogP contribution in [0.4, 0.5) is 0 Å². The molecule has 3 unspecified atom stereocenters. The topological polar surface area (TPSA) is 74.8 Å². The van der Waals surface area contributed by atoms with Crippen molar-refractivity contribution in [1.29, 1.82) is 0 Å². The van der Waals surface area contributed by atoms with Crippen molar-refractivity contribution in [2.45, 2.75) is 312 Å². The summed E-state index contributed by atoms with van der Waals surface area (Å²) in [5.41, 5.74) is 2.46. The highest BCUT2D eigenvalue weighted by atomic mass is 32.1. The molecule has 15 heteroatoms. The highest BCUT2D eigenvalue weighted by Crippen LogP contribution is 2.58. The van der Waals surface area contributed by atoms with Crippen molar-refractivity contribution in [3.8, 4) is 39.0 Å². The highest BCUT2D eigenvalue weighted by Gasteiger charge is 2.56. The van der Waals surface area contributed by atoms with Crippen LogP contribution in [0.5, 0.6) is 0 Å². The molecule has 1 aromatic carbocycles. The van der Waals surface area contributed by atoms with Crippen LogP contribution in [-0.2, 0) is 29.1 Å². The summed E-state index contributed by atoms with van der Waals surface area (Å²) in [5, 5.41) is 7.59. The second kappa shape index (κ2) is 33.6. The number of carbonyl (C=O) groups excluding carboxylic acids is 4. The largest absolute Gasteiger partial charge is 0.274 e. The average molecular weight is 1560 g/mol. The molecule has 0 saturated heterocycles. The maximum absolute atomic E-state index is 15.9. The lowest BCUT2D eigenvalue weighted by atomic mass is 9.65. The molecule has 3 atom stereocenters. The minimum Gasteiger partial charge on any atom is -0.274 e. The Balaban J connectivity index is 1.01. The van der Waals surface area contributed by atoms with Crippen LogP contribution in [0.3, 0.4) is 0 Å². The van der Waals surface area contributed by atoms with E-state index in [1.165, 1.54) is 169 Å². The van der Waals surface area contributed by atoms with Gasteiger partial charge in [0.05, 0.1) is 32.0 Å². The van der Waals surface area contributed by atoms with Crippen molar-refractivity contribution in [3.63, 3.8) is 0 Å². The second-order valence-electron chi connectivity index (χ2n) is 33.4. The van der Waals surface area contributed by atoms with E-state index < -0.39 is 27.0 Å². The molecule has 7 aromatic heterocycles. The average Bonchev–Trinajstić information content (AvgIpc) is 1.53. The maximum atomic E-state index is 15.9. The van der Waals surface area contributed by atoms with Gasteiger partial charge in [0.15, 0.2) is 16.1 Å².